The number of esters is 1. The molecule has 0 saturated carbocycles. The topological polar surface area (TPSA) is 93.2 Å². The highest BCUT2D eigenvalue weighted by Gasteiger charge is 2.38. The second-order valence-corrected chi connectivity index (χ2v) is 8.02. The second-order valence-electron chi connectivity index (χ2n) is 8.02. The predicted octanol–water partition coefficient (Wildman–Crippen LogP) is 3.45. The molecule has 0 bridgehead atoms. The lowest BCUT2D eigenvalue weighted by atomic mass is 10.1. The van der Waals surface area contributed by atoms with E-state index in [1.54, 1.807) is 73.8 Å². The molecule has 170 valence electrons. The number of carbonyl (C=O) groups excluding carboxylic acids is 4. The zero-order valence-electron chi connectivity index (χ0n) is 18.3. The summed E-state index contributed by atoms with van der Waals surface area (Å²) in [6, 6.07) is 19.9. The summed E-state index contributed by atoms with van der Waals surface area (Å²) in [4.78, 5) is 53.5. The Morgan fingerprint density at radius 3 is 2.12 bits per heavy atom. The smallest absolute Gasteiger partial charge is 0.316 e. The van der Waals surface area contributed by atoms with Gasteiger partial charge in [0.15, 0.2) is 0 Å². The van der Waals surface area contributed by atoms with Crippen molar-refractivity contribution < 1.29 is 28.7 Å². The largest absolute Gasteiger partial charge is 0.497 e. The van der Waals surface area contributed by atoms with Crippen LogP contribution < -0.4 is 19.3 Å². The fraction of sp³-hybridized carbons (Fsp3) is 0.154. The number of carbonyl (C=O) groups is 4. The van der Waals surface area contributed by atoms with Crippen molar-refractivity contribution >= 4 is 35.1 Å². The number of methoxy groups -OCH3 is 1. The molecule has 1 atom stereocenters. The number of benzene rings is 3. The maximum absolute atomic E-state index is 12.8. The molecule has 2 aliphatic heterocycles. The van der Waals surface area contributed by atoms with E-state index in [1.807, 2.05) is 0 Å². The average Bonchev–Trinajstić information content (AvgIpc) is 3.37. The third kappa shape index (κ3) is 3.69. The van der Waals surface area contributed by atoms with E-state index in [2.05, 4.69) is 0 Å². The number of rotatable bonds is 5. The van der Waals surface area contributed by atoms with E-state index in [4.69, 9.17) is 9.47 Å². The Balaban J connectivity index is 1.31. The summed E-state index contributed by atoms with van der Waals surface area (Å²) in [5, 5.41) is 0. The standard InChI is InChI=1S/C26H20N2O6/c1-33-19-8-4-6-17(13-19)27-15-16(12-23(27)29)26(32)34-20-9-5-7-18(14-20)28-24(30)21-10-2-3-11-22(21)25(28)31/h2-11,13-14,16H,12,15H2,1H3/t16-/m0/s1. The lowest BCUT2D eigenvalue weighted by Crippen LogP contribution is -2.29. The lowest BCUT2D eigenvalue weighted by Gasteiger charge is -2.17. The molecule has 8 nitrogen and oxygen atoms in total. The van der Waals surface area contributed by atoms with E-state index in [9.17, 15) is 19.2 Å². The molecular formula is C26H20N2O6. The van der Waals surface area contributed by atoms with Gasteiger partial charge in [0.05, 0.1) is 29.8 Å². The Morgan fingerprint density at radius 1 is 0.824 bits per heavy atom. The molecule has 1 fully saturated rings. The average molecular weight is 456 g/mol. The van der Waals surface area contributed by atoms with Gasteiger partial charge in [-0.1, -0.05) is 24.3 Å². The molecular weight excluding hydrogens is 436 g/mol. The normalized spacial score (nSPS) is 17.2. The summed E-state index contributed by atoms with van der Waals surface area (Å²) in [6.45, 7) is 0.183. The van der Waals surface area contributed by atoms with E-state index in [0.717, 1.165) is 4.90 Å². The minimum atomic E-state index is -0.651. The Labute approximate surface area is 195 Å². The fourth-order valence-corrected chi connectivity index (χ4v) is 4.20. The monoisotopic (exact) mass is 456 g/mol. The molecule has 0 N–H and O–H groups in total. The molecule has 3 amide bonds. The predicted molar refractivity (Wildman–Crippen MR) is 123 cm³/mol. The van der Waals surface area contributed by atoms with Gasteiger partial charge < -0.3 is 14.4 Å². The Kier molecular flexibility index (Phi) is 5.33. The third-order valence-electron chi connectivity index (χ3n) is 5.91. The van der Waals surface area contributed by atoms with Crippen LogP contribution in [0.4, 0.5) is 11.4 Å². The Bertz CT molecular complexity index is 1300. The highest BCUT2D eigenvalue weighted by atomic mass is 16.5. The van der Waals surface area contributed by atoms with Gasteiger partial charge >= 0.3 is 5.97 Å². The van der Waals surface area contributed by atoms with Crippen LogP contribution in [0.2, 0.25) is 0 Å². The zero-order chi connectivity index (χ0) is 23.8. The highest BCUT2D eigenvalue weighted by molar-refractivity contribution is 6.34. The second kappa shape index (κ2) is 8.47. The molecule has 3 aromatic carbocycles. The molecule has 1 saturated heterocycles. The van der Waals surface area contributed by atoms with Crippen LogP contribution in [0.1, 0.15) is 27.1 Å². The van der Waals surface area contributed by atoms with Gasteiger partial charge in [-0.05, 0) is 36.4 Å². The molecule has 3 aromatic rings. The van der Waals surface area contributed by atoms with Crippen molar-refractivity contribution in [3.05, 3.63) is 83.9 Å². The first-order chi connectivity index (χ1) is 16.5. The van der Waals surface area contributed by atoms with E-state index in [0.29, 0.717) is 28.3 Å². The Hall–Kier alpha value is -4.46. The molecule has 2 heterocycles. The van der Waals surface area contributed by atoms with Gasteiger partial charge in [-0.25, -0.2) is 4.90 Å². The van der Waals surface area contributed by atoms with Gasteiger partial charge in [0.25, 0.3) is 11.8 Å². The van der Waals surface area contributed by atoms with E-state index >= 15 is 0 Å². The van der Waals surface area contributed by atoms with Gasteiger partial charge in [0.1, 0.15) is 11.5 Å². The number of hydrogen-bond donors (Lipinski definition) is 0. The number of hydrogen-bond acceptors (Lipinski definition) is 6. The van der Waals surface area contributed by atoms with Crippen LogP contribution in [0, 0.1) is 5.92 Å². The number of amides is 3. The summed E-state index contributed by atoms with van der Waals surface area (Å²) >= 11 is 0. The summed E-state index contributed by atoms with van der Waals surface area (Å²) in [5.41, 5.74) is 1.61. The summed E-state index contributed by atoms with van der Waals surface area (Å²) in [5.74, 6) is -1.46. The molecule has 5 rings (SSSR count). The minimum absolute atomic E-state index is 0.0220. The van der Waals surface area contributed by atoms with Gasteiger partial charge in [-0.2, -0.15) is 0 Å². The van der Waals surface area contributed by atoms with Crippen LogP contribution >= 0.6 is 0 Å². The summed E-state index contributed by atoms with van der Waals surface area (Å²) in [7, 11) is 1.54. The van der Waals surface area contributed by atoms with Crippen molar-refractivity contribution in [3.63, 3.8) is 0 Å². The number of fused-ring (bicyclic) bond motifs is 1. The third-order valence-corrected chi connectivity index (χ3v) is 5.91. The van der Waals surface area contributed by atoms with E-state index < -0.39 is 23.7 Å². The first kappa shape index (κ1) is 21.4. The van der Waals surface area contributed by atoms with Gasteiger partial charge in [-0.15, -0.1) is 0 Å². The molecule has 0 spiro atoms. The van der Waals surface area contributed by atoms with E-state index in [1.165, 1.54) is 11.0 Å². The molecule has 8 heteroatoms. The van der Waals surface area contributed by atoms with Crippen molar-refractivity contribution in [2.24, 2.45) is 5.92 Å². The van der Waals surface area contributed by atoms with Crippen molar-refractivity contribution in [1.29, 1.82) is 0 Å². The molecule has 0 unspecified atom stereocenters. The number of imide groups is 1. The maximum atomic E-state index is 12.8. The van der Waals surface area contributed by atoms with Crippen LogP contribution in [-0.2, 0) is 9.59 Å². The quantitative estimate of drug-likeness (QED) is 0.332. The van der Waals surface area contributed by atoms with Crippen molar-refractivity contribution in [2.75, 3.05) is 23.5 Å². The molecule has 0 radical (unpaired) electrons. The summed E-state index contributed by atoms with van der Waals surface area (Å²) in [6.07, 6.45) is 0.0220. The fourth-order valence-electron chi connectivity index (χ4n) is 4.20. The van der Waals surface area contributed by atoms with Crippen LogP contribution in [0.25, 0.3) is 0 Å². The van der Waals surface area contributed by atoms with E-state index in [-0.39, 0.29) is 24.6 Å². The van der Waals surface area contributed by atoms with Crippen LogP contribution in [-0.4, -0.2) is 37.3 Å². The van der Waals surface area contributed by atoms with Crippen molar-refractivity contribution in [3.8, 4) is 11.5 Å². The van der Waals surface area contributed by atoms with Gasteiger partial charge in [-0.3, -0.25) is 19.2 Å². The van der Waals surface area contributed by atoms with Gasteiger partial charge in [0, 0.05) is 30.8 Å². The highest BCUT2D eigenvalue weighted by Crippen LogP contribution is 2.32. The zero-order valence-corrected chi connectivity index (χ0v) is 18.3. The first-order valence-electron chi connectivity index (χ1n) is 10.7. The maximum Gasteiger partial charge on any atom is 0.316 e. The lowest BCUT2D eigenvalue weighted by molar-refractivity contribution is -0.139. The van der Waals surface area contributed by atoms with Crippen molar-refractivity contribution in [2.45, 2.75) is 6.42 Å². The number of ether oxygens (including phenoxy) is 2. The molecule has 34 heavy (non-hydrogen) atoms. The summed E-state index contributed by atoms with van der Waals surface area (Å²) < 4.78 is 10.7. The molecule has 0 aromatic heterocycles. The van der Waals surface area contributed by atoms with Crippen LogP contribution in [0.3, 0.4) is 0 Å². The molecule has 0 aliphatic carbocycles. The van der Waals surface area contributed by atoms with Crippen molar-refractivity contribution in [1.82, 2.24) is 0 Å². The minimum Gasteiger partial charge on any atom is -0.497 e. The number of nitrogens with zero attached hydrogens (tertiary/aromatic N) is 2. The first-order valence-corrected chi connectivity index (χ1v) is 10.7. The van der Waals surface area contributed by atoms with Gasteiger partial charge in [0.2, 0.25) is 5.91 Å². The van der Waals surface area contributed by atoms with Crippen LogP contribution in [0.15, 0.2) is 72.8 Å². The molecule has 2 aliphatic rings. The Morgan fingerprint density at radius 2 is 1.44 bits per heavy atom. The number of anilines is 2. The van der Waals surface area contributed by atoms with Crippen LogP contribution in [0.5, 0.6) is 11.5 Å². The SMILES string of the molecule is COc1cccc(N2C[C@@H](C(=O)Oc3cccc(N4C(=O)c5ccccc5C4=O)c3)CC2=O)c1.